The Bertz CT molecular complexity index is 1620. The first-order valence-corrected chi connectivity index (χ1v) is 10.7. The van der Waals surface area contributed by atoms with Gasteiger partial charge in [-0.3, -0.25) is 0 Å². The van der Waals surface area contributed by atoms with Crippen LogP contribution in [0.4, 0.5) is 0 Å². The van der Waals surface area contributed by atoms with E-state index in [1.807, 2.05) is 0 Å². The Balaban J connectivity index is 1.52. The third-order valence-corrected chi connectivity index (χ3v) is 6.53. The molecule has 0 fully saturated rings. The van der Waals surface area contributed by atoms with Crippen LogP contribution in [0.2, 0.25) is 0 Å². The molecule has 0 aliphatic rings. The van der Waals surface area contributed by atoms with Crippen molar-refractivity contribution < 1.29 is 0 Å². The van der Waals surface area contributed by atoms with Gasteiger partial charge in [0.2, 0.25) is 0 Å². The second-order valence-electron chi connectivity index (χ2n) is 8.23. The van der Waals surface area contributed by atoms with Crippen molar-refractivity contribution in [2.45, 2.75) is 0 Å². The van der Waals surface area contributed by atoms with Crippen LogP contribution >= 0.6 is 0 Å². The predicted molar refractivity (Wildman–Crippen MR) is 132 cm³/mol. The highest BCUT2D eigenvalue weighted by Crippen LogP contribution is 2.41. The van der Waals surface area contributed by atoms with Gasteiger partial charge in [-0.05, 0) is 46.5 Å². The van der Waals surface area contributed by atoms with Crippen molar-refractivity contribution in [3.63, 3.8) is 0 Å². The molecule has 0 amide bonds. The summed E-state index contributed by atoms with van der Waals surface area (Å²) in [6, 6.07) is 41.7. The van der Waals surface area contributed by atoms with Crippen molar-refractivity contribution in [1.82, 2.24) is 4.40 Å². The largest absolute Gasteiger partial charge is 0.308 e. The monoisotopic (exact) mass is 393 g/mol. The van der Waals surface area contributed by atoms with Crippen molar-refractivity contribution >= 4 is 38.1 Å². The maximum Gasteiger partial charge on any atom is 0.0620 e. The fraction of sp³-hybridized carbons (Fsp3) is 0. The molecule has 0 radical (unpaired) electrons. The van der Waals surface area contributed by atoms with E-state index in [1.165, 1.54) is 60.3 Å². The van der Waals surface area contributed by atoms with Crippen molar-refractivity contribution in [2.24, 2.45) is 0 Å². The Labute approximate surface area is 180 Å². The summed E-state index contributed by atoms with van der Waals surface area (Å²) in [6.07, 6.45) is 0. The van der Waals surface area contributed by atoms with Crippen LogP contribution in [-0.2, 0) is 0 Å². The third-order valence-electron chi connectivity index (χ3n) is 6.53. The van der Waals surface area contributed by atoms with E-state index < -0.39 is 0 Å². The molecule has 5 aromatic carbocycles. The molecular weight excluding hydrogens is 374 g/mol. The Hall–Kier alpha value is -4.10. The van der Waals surface area contributed by atoms with Gasteiger partial charge in [-0.15, -0.1) is 0 Å². The minimum atomic E-state index is 1.25. The highest BCUT2D eigenvalue weighted by molar-refractivity contribution is 6.24. The Morgan fingerprint density at radius 3 is 1.39 bits per heavy atom. The van der Waals surface area contributed by atoms with E-state index in [9.17, 15) is 0 Å². The van der Waals surface area contributed by atoms with Crippen molar-refractivity contribution in [3.8, 4) is 22.3 Å². The number of fused-ring (bicyclic) bond motifs is 6. The molecule has 2 aromatic heterocycles. The molecule has 0 spiro atoms. The molecule has 7 aromatic rings. The molecule has 0 aliphatic heterocycles. The summed E-state index contributed by atoms with van der Waals surface area (Å²) in [5.74, 6) is 0. The predicted octanol–water partition coefficient (Wildman–Crippen LogP) is 8.17. The van der Waals surface area contributed by atoms with E-state index in [2.05, 4.69) is 120 Å². The maximum absolute atomic E-state index is 2.43. The van der Waals surface area contributed by atoms with E-state index >= 15 is 0 Å². The van der Waals surface area contributed by atoms with Crippen molar-refractivity contribution in [1.29, 1.82) is 0 Å². The lowest BCUT2D eigenvalue weighted by atomic mass is 9.97. The average molecular weight is 393 g/mol. The van der Waals surface area contributed by atoms with E-state index in [0.717, 1.165) is 0 Å². The van der Waals surface area contributed by atoms with Gasteiger partial charge < -0.3 is 4.40 Å². The topological polar surface area (TPSA) is 4.41 Å². The summed E-state index contributed by atoms with van der Waals surface area (Å²) in [5, 5.41) is 5.28. The zero-order valence-electron chi connectivity index (χ0n) is 16.9. The molecule has 0 aliphatic carbocycles. The first kappa shape index (κ1) is 16.7. The molecule has 0 bridgehead atoms. The van der Waals surface area contributed by atoms with Crippen LogP contribution in [0.5, 0.6) is 0 Å². The van der Waals surface area contributed by atoms with Gasteiger partial charge in [-0.2, -0.15) is 0 Å². The molecule has 0 saturated heterocycles. The normalized spacial score (nSPS) is 11.9. The Kier molecular flexibility index (Phi) is 3.33. The molecule has 0 atom stereocenters. The maximum atomic E-state index is 2.43. The fourth-order valence-corrected chi connectivity index (χ4v) is 5.10. The number of para-hydroxylation sites is 2. The van der Waals surface area contributed by atoms with Crippen molar-refractivity contribution in [2.75, 3.05) is 0 Å². The number of hydrogen-bond acceptors (Lipinski definition) is 0. The minimum absolute atomic E-state index is 1.25. The van der Waals surface area contributed by atoms with Crippen LogP contribution in [-0.4, -0.2) is 4.40 Å². The van der Waals surface area contributed by atoms with E-state index in [4.69, 9.17) is 0 Å². The number of rotatable bonds is 2. The van der Waals surface area contributed by atoms with Crippen LogP contribution in [0.25, 0.3) is 60.3 Å². The highest BCUT2D eigenvalue weighted by atomic mass is 14.9. The summed E-state index contributed by atoms with van der Waals surface area (Å²) < 4.78 is 2.43. The van der Waals surface area contributed by atoms with Gasteiger partial charge in [-0.25, -0.2) is 0 Å². The van der Waals surface area contributed by atoms with Crippen LogP contribution < -0.4 is 0 Å². The standard InChI is InChI=1S/C30H19N/c1-2-8-20(9-3-1)21-14-16-22(17-15-21)23-18-26-24-10-4-6-12-28(24)31-29-13-7-5-11-25(29)27(19-23)30(26)31/h1-19H. The smallest absolute Gasteiger partial charge is 0.0620 e. The molecule has 0 N–H and O–H groups in total. The summed E-state index contributed by atoms with van der Waals surface area (Å²) in [5.41, 5.74) is 8.89. The van der Waals surface area contributed by atoms with Gasteiger partial charge in [-0.1, -0.05) is 91.0 Å². The quantitative estimate of drug-likeness (QED) is 0.279. The van der Waals surface area contributed by atoms with Gasteiger partial charge in [0.15, 0.2) is 0 Å². The van der Waals surface area contributed by atoms with Crippen LogP contribution in [0.1, 0.15) is 0 Å². The molecule has 2 heterocycles. The highest BCUT2D eigenvalue weighted by Gasteiger charge is 2.18. The Morgan fingerprint density at radius 2 is 0.806 bits per heavy atom. The molecule has 7 rings (SSSR count). The number of nitrogens with zero attached hydrogens (tertiary/aromatic N) is 1. The molecule has 1 heteroatoms. The average Bonchev–Trinajstić information content (AvgIpc) is 3.36. The lowest BCUT2D eigenvalue weighted by molar-refractivity contribution is 1.37. The molecule has 0 saturated carbocycles. The van der Waals surface area contributed by atoms with E-state index in [0.29, 0.717) is 0 Å². The summed E-state index contributed by atoms with van der Waals surface area (Å²) in [6.45, 7) is 0. The van der Waals surface area contributed by atoms with Crippen LogP contribution in [0.3, 0.4) is 0 Å². The molecule has 144 valence electrons. The first-order valence-electron chi connectivity index (χ1n) is 10.7. The van der Waals surface area contributed by atoms with Gasteiger partial charge >= 0.3 is 0 Å². The number of hydrogen-bond donors (Lipinski definition) is 0. The summed E-state index contributed by atoms with van der Waals surface area (Å²) >= 11 is 0. The summed E-state index contributed by atoms with van der Waals surface area (Å²) in [7, 11) is 0. The van der Waals surface area contributed by atoms with Crippen molar-refractivity contribution in [3.05, 3.63) is 115 Å². The van der Waals surface area contributed by atoms with Gasteiger partial charge in [0, 0.05) is 21.5 Å². The minimum Gasteiger partial charge on any atom is -0.308 e. The van der Waals surface area contributed by atoms with Crippen LogP contribution in [0.15, 0.2) is 115 Å². The van der Waals surface area contributed by atoms with E-state index in [-0.39, 0.29) is 0 Å². The lowest BCUT2D eigenvalue weighted by Crippen LogP contribution is -1.81. The Morgan fingerprint density at radius 1 is 0.355 bits per heavy atom. The van der Waals surface area contributed by atoms with Crippen LogP contribution in [0, 0.1) is 0 Å². The third kappa shape index (κ3) is 2.32. The lowest BCUT2D eigenvalue weighted by Gasteiger charge is -2.06. The first-order chi connectivity index (χ1) is 15.4. The number of aromatic nitrogens is 1. The summed E-state index contributed by atoms with van der Waals surface area (Å²) in [4.78, 5) is 0. The zero-order chi connectivity index (χ0) is 20.4. The molecule has 0 unspecified atom stereocenters. The number of benzene rings is 5. The zero-order valence-corrected chi connectivity index (χ0v) is 16.9. The van der Waals surface area contributed by atoms with Gasteiger partial charge in [0.05, 0.1) is 16.6 Å². The SMILES string of the molecule is c1ccc(-c2ccc(-c3cc4c5ccccc5n5c6ccccc6c(c3)c45)cc2)cc1. The van der Waals surface area contributed by atoms with E-state index in [1.54, 1.807) is 0 Å². The second-order valence-corrected chi connectivity index (χ2v) is 8.23. The van der Waals surface area contributed by atoms with Gasteiger partial charge in [0.25, 0.3) is 0 Å². The molecular formula is C30H19N. The molecule has 1 nitrogen and oxygen atoms in total. The van der Waals surface area contributed by atoms with Gasteiger partial charge in [0.1, 0.15) is 0 Å². The fourth-order valence-electron chi connectivity index (χ4n) is 5.10. The molecule has 31 heavy (non-hydrogen) atoms. The second kappa shape index (κ2) is 6.20.